The van der Waals surface area contributed by atoms with E-state index in [1.165, 1.54) is 0 Å². The van der Waals surface area contributed by atoms with E-state index in [9.17, 15) is 5.11 Å². The maximum absolute atomic E-state index is 9.89. The molecule has 94 valence electrons. The SMILES string of the molecule is CCC(O)c1ccccc1OCC1CCCO1. The lowest BCUT2D eigenvalue weighted by atomic mass is 10.1. The molecular formula is C14H20O3. The van der Waals surface area contributed by atoms with Crippen molar-refractivity contribution in [3.8, 4) is 5.75 Å². The largest absolute Gasteiger partial charge is 0.490 e. The summed E-state index contributed by atoms with van der Waals surface area (Å²) in [6, 6.07) is 7.67. The number of rotatable bonds is 5. The smallest absolute Gasteiger partial charge is 0.125 e. The van der Waals surface area contributed by atoms with Crippen molar-refractivity contribution in [2.24, 2.45) is 0 Å². The van der Waals surface area contributed by atoms with E-state index in [1.807, 2.05) is 31.2 Å². The van der Waals surface area contributed by atoms with Gasteiger partial charge < -0.3 is 14.6 Å². The average Bonchev–Trinajstić information content (AvgIpc) is 2.89. The molecule has 2 rings (SSSR count). The summed E-state index contributed by atoms with van der Waals surface area (Å²) in [5.41, 5.74) is 0.869. The number of aliphatic hydroxyl groups excluding tert-OH is 1. The van der Waals surface area contributed by atoms with E-state index in [4.69, 9.17) is 9.47 Å². The van der Waals surface area contributed by atoms with Crippen LogP contribution in [-0.4, -0.2) is 24.4 Å². The molecule has 1 heterocycles. The van der Waals surface area contributed by atoms with E-state index < -0.39 is 6.10 Å². The summed E-state index contributed by atoms with van der Waals surface area (Å²) in [6.45, 7) is 3.38. The van der Waals surface area contributed by atoms with E-state index in [-0.39, 0.29) is 6.10 Å². The zero-order valence-electron chi connectivity index (χ0n) is 10.3. The van der Waals surface area contributed by atoms with Crippen LogP contribution in [0.4, 0.5) is 0 Å². The minimum absolute atomic E-state index is 0.210. The number of para-hydroxylation sites is 1. The summed E-state index contributed by atoms with van der Waals surface area (Å²) >= 11 is 0. The fourth-order valence-corrected chi connectivity index (χ4v) is 2.07. The van der Waals surface area contributed by atoms with Gasteiger partial charge in [-0.25, -0.2) is 0 Å². The van der Waals surface area contributed by atoms with Gasteiger partial charge in [0.25, 0.3) is 0 Å². The average molecular weight is 236 g/mol. The van der Waals surface area contributed by atoms with Crippen molar-refractivity contribution < 1.29 is 14.6 Å². The molecule has 3 nitrogen and oxygen atoms in total. The molecule has 3 heteroatoms. The first-order valence-electron chi connectivity index (χ1n) is 6.32. The fourth-order valence-electron chi connectivity index (χ4n) is 2.07. The van der Waals surface area contributed by atoms with Crippen molar-refractivity contribution in [3.63, 3.8) is 0 Å². The Hall–Kier alpha value is -1.06. The number of ether oxygens (including phenoxy) is 2. The molecule has 0 spiro atoms. The Morgan fingerprint density at radius 2 is 2.29 bits per heavy atom. The highest BCUT2D eigenvalue weighted by molar-refractivity contribution is 5.35. The molecule has 2 unspecified atom stereocenters. The van der Waals surface area contributed by atoms with Crippen molar-refractivity contribution in [2.45, 2.75) is 38.4 Å². The van der Waals surface area contributed by atoms with E-state index in [1.54, 1.807) is 0 Å². The van der Waals surface area contributed by atoms with Crippen LogP contribution in [-0.2, 0) is 4.74 Å². The zero-order chi connectivity index (χ0) is 12.1. The van der Waals surface area contributed by atoms with Crippen LogP contribution >= 0.6 is 0 Å². The summed E-state index contributed by atoms with van der Waals surface area (Å²) in [5.74, 6) is 0.775. The monoisotopic (exact) mass is 236 g/mol. The quantitative estimate of drug-likeness (QED) is 0.854. The first kappa shape index (κ1) is 12.4. The molecule has 1 aromatic rings. The summed E-state index contributed by atoms with van der Waals surface area (Å²) in [5, 5.41) is 9.89. The molecule has 0 aromatic heterocycles. The van der Waals surface area contributed by atoms with E-state index in [0.29, 0.717) is 13.0 Å². The third-order valence-corrected chi connectivity index (χ3v) is 3.11. The van der Waals surface area contributed by atoms with Gasteiger partial charge >= 0.3 is 0 Å². The first-order chi connectivity index (χ1) is 8.31. The Labute approximate surface area is 102 Å². The van der Waals surface area contributed by atoms with Gasteiger partial charge in [0, 0.05) is 12.2 Å². The van der Waals surface area contributed by atoms with Crippen LogP contribution in [0.2, 0.25) is 0 Å². The molecule has 1 saturated heterocycles. The Morgan fingerprint density at radius 3 is 3.00 bits per heavy atom. The zero-order valence-corrected chi connectivity index (χ0v) is 10.3. The topological polar surface area (TPSA) is 38.7 Å². The second kappa shape index (κ2) is 6.03. The van der Waals surface area contributed by atoms with E-state index >= 15 is 0 Å². The highest BCUT2D eigenvalue weighted by atomic mass is 16.5. The lowest BCUT2D eigenvalue weighted by Crippen LogP contribution is -2.17. The molecular weight excluding hydrogens is 216 g/mol. The lowest BCUT2D eigenvalue weighted by molar-refractivity contribution is 0.0660. The maximum atomic E-state index is 9.89. The molecule has 17 heavy (non-hydrogen) atoms. The third-order valence-electron chi connectivity index (χ3n) is 3.11. The predicted octanol–water partition coefficient (Wildman–Crippen LogP) is 2.69. The summed E-state index contributed by atoms with van der Waals surface area (Å²) in [7, 11) is 0. The molecule has 0 aliphatic carbocycles. The fraction of sp³-hybridized carbons (Fsp3) is 0.571. The maximum Gasteiger partial charge on any atom is 0.125 e. The number of hydrogen-bond acceptors (Lipinski definition) is 3. The summed E-state index contributed by atoms with van der Waals surface area (Å²) < 4.78 is 11.3. The van der Waals surface area contributed by atoms with E-state index in [2.05, 4.69) is 0 Å². The van der Waals surface area contributed by atoms with Crippen LogP contribution in [0.15, 0.2) is 24.3 Å². The third kappa shape index (κ3) is 3.20. The van der Waals surface area contributed by atoms with Crippen LogP contribution in [0, 0.1) is 0 Å². The van der Waals surface area contributed by atoms with Gasteiger partial charge in [-0.1, -0.05) is 25.1 Å². The molecule has 1 N–H and O–H groups in total. The van der Waals surface area contributed by atoms with Gasteiger partial charge in [-0.2, -0.15) is 0 Å². The normalized spacial score (nSPS) is 21.4. The van der Waals surface area contributed by atoms with Crippen LogP contribution < -0.4 is 4.74 Å². The summed E-state index contributed by atoms with van der Waals surface area (Å²) in [4.78, 5) is 0. The minimum atomic E-state index is -0.448. The van der Waals surface area contributed by atoms with Gasteiger partial charge in [0.1, 0.15) is 12.4 Å². The molecule has 0 radical (unpaired) electrons. The number of hydrogen-bond donors (Lipinski definition) is 1. The number of aliphatic hydroxyl groups is 1. The van der Waals surface area contributed by atoms with Gasteiger partial charge in [-0.05, 0) is 25.3 Å². The second-order valence-electron chi connectivity index (χ2n) is 4.41. The van der Waals surface area contributed by atoms with Crippen LogP contribution in [0.25, 0.3) is 0 Å². The second-order valence-corrected chi connectivity index (χ2v) is 4.41. The van der Waals surface area contributed by atoms with Gasteiger partial charge in [0.15, 0.2) is 0 Å². The Kier molecular flexibility index (Phi) is 4.40. The standard InChI is InChI=1S/C14H20O3/c1-2-13(15)12-7-3-4-8-14(12)17-10-11-6-5-9-16-11/h3-4,7-8,11,13,15H,2,5-6,9-10H2,1H3. The summed E-state index contributed by atoms with van der Waals surface area (Å²) in [6.07, 6.45) is 2.64. The molecule has 0 amide bonds. The molecule has 0 bridgehead atoms. The van der Waals surface area contributed by atoms with Gasteiger partial charge in [0.05, 0.1) is 12.2 Å². The first-order valence-corrected chi connectivity index (χ1v) is 6.32. The van der Waals surface area contributed by atoms with Crippen molar-refractivity contribution >= 4 is 0 Å². The predicted molar refractivity (Wildman–Crippen MR) is 66.2 cm³/mol. The van der Waals surface area contributed by atoms with E-state index in [0.717, 1.165) is 30.8 Å². The molecule has 2 atom stereocenters. The van der Waals surface area contributed by atoms with Gasteiger partial charge in [-0.3, -0.25) is 0 Å². The molecule has 1 aliphatic heterocycles. The van der Waals surface area contributed by atoms with Crippen LogP contribution in [0.5, 0.6) is 5.75 Å². The van der Waals surface area contributed by atoms with Crippen LogP contribution in [0.3, 0.4) is 0 Å². The minimum Gasteiger partial charge on any atom is -0.490 e. The van der Waals surface area contributed by atoms with Gasteiger partial charge in [-0.15, -0.1) is 0 Å². The molecule has 1 fully saturated rings. The van der Waals surface area contributed by atoms with Gasteiger partial charge in [0.2, 0.25) is 0 Å². The Morgan fingerprint density at radius 1 is 1.47 bits per heavy atom. The van der Waals surface area contributed by atoms with Crippen molar-refractivity contribution in [1.82, 2.24) is 0 Å². The molecule has 1 aliphatic rings. The Bertz CT molecular complexity index is 345. The highest BCUT2D eigenvalue weighted by Crippen LogP contribution is 2.27. The molecule has 1 aromatic carbocycles. The highest BCUT2D eigenvalue weighted by Gasteiger charge is 2.17. The Balaban J connectivity index is 1.98. The lowest BCUT2D eigenvalue weighted by Gasteiger charge is -2.16. The van der Waals surface area contributed by atoms with Crippen LogP contribution in [0.1, 0.15) is 37.9 Å². The van der Waals surface area contributed by atoms with Crippen molar-refractivity contribution in [1.29, 1.82) is 0 Å². The van der Waals surface area contributed by atoms with Crippen molar-refractivity contribution in [2.75, 3.05) is 13.2 Å². The van der Waals surface area contributed by atoms with Crippen molar-refractivity contribution in [3.05, 3.63) is 29.8 Å². The number of benzene rings is 1. The molecule has 0 saturated carbocycles.